The van der Waals surface area contributed by atoms with E-state index in [1.165, 1.54) is 4.88 Å². The number of thiazole rings is 1. The third-order valence-corrected chi connectivity index (χ3v) is 4.47. The highest BCUT2D eigenvalue weighted by atomic mass is 32.1. The number of fused-ring (bicyclic) bond motifs is 1. The number of hydrogen-bond acceptors (Lipinski definition) is 6. The van der Waals surface area contributed by atoms with E-state index in [2.05, 4.69) is 29.0 Å². The molecule has 0 aliphatic carbocycles. The Morgan fingerprint density at radius 3 is 2.86 bits per heavy atom. The molecule has 1 aromatic carbocycles. The molecule has 5 nitrogen and oxygen atoms in total. The van der Waals surface area contributed by atoms with Crippen LogP contribution in [0.2, 0.25) is 0 Å². The molecule has 112 valence electrons. The molecule has 3 rings (SSSR count). The summed E-state index contributed by atoms with van der Waals surface area (Å²) in [5.41, 5.74) is 1.03. The van der Waals surface area contributed by atoms with Gasteiger partial charge in [-0.2, -0.15) is 0 Å². The minimum Gasteiger partial charge on any atom is -0.454 e. The average Bonchev–Trinajstić information content (AvgIpc) is 3.15. The average molecular weight is 305 g/mol. The minimum absolute atomic E-state index is 0.306. The predicted octanol–water partition coefficient (Wildman–Crippen LogP) is 3.33. The summed E-state index contributed by atoms with van der Waals surface area (Å²) < 4.78 is 10.7. The van der Waals surface area contributed by atoms with Crippen molar-refractivity contribution in [2.75, 3.05) is 30.1 Å². The van der Waals surface area contributed by atoms with E-state index < -0.39 is 0 Å². The zero-order valence-electron chi connectivity index (χ0n) is 12.3. The topological polar surface area (TPSA) is 46.6 Å². The number of ether oxygens (including phenoxy) is 2. The lowest BCUT2D eigenvalue weighted by Crippen LogP contribution is -2.21. The van der Waals surface area contributed by atoms with Crippen LogP contribution >= 0.6 is 11.3 Å². The van der Waals surface area contributed by atoms with E-state index >= 15 is 0 Å². The number of hydrogen-bond donors (Lipinski definition) is 1. The summed E-state index contributed by atoms with van der Waals surface area (Å²) >= 11 is 1.73. The van der Waals surface area contributed by atoms with Gasteiger partial charge in [0.05, 0.1) is 6.54 Å². The Balaban J connectivity index is 1.62. The molecule has 1 aliphatic rings. The second-order valence-electron chi connectivity index (χ2n) is 4.70. The molecule has 2 aromatic rings. The second-order valence-corrected chi connectivity index (χ2v) is 5.80. The van der Waals surface area contributed by atoms with Crippen LogP contribution in [-0.2, 0) is 6.54 Å². The van der Waals surface area contributed by atoms with E-state index in [1.54, 1.807) is 11.3 Å². The molecule has 21 heavy (non-hydrogen) atoms. The number of nitrogens with one attached hydrogen (secondary N) is 1. The monoisotopic (exact) mass is 305 g/mol. The summed E-state index contributed by atoms with van der Waals surface area (Å²) in [5.74, 6) is 1.61. The van der Waals surface area contributed by atoms with Crippen molar-refractivity contribution < 1.29 is 9.47 Å². The van der Waals surface area contributed by atoms with Gasteiger partial charge in [-0.05, 0) is 26.0 Å². The zero-order valence-corrected chi connectivity index (χ0v) is 13.1. The molecule has 2 heterocycles. The Bertz CT molecular complexity index is 611. The van der Waals surface area contributed by atoms with E-state index in [-0.39, 0.29) is 0 Å². The molecule has 0 unspecified atom stereocenters. The highest BCUT2D eigenvalue weighted by Crippen LogP contribution is 2.34. The van der Waals surface area contributed by atoms with Crippen LogP contribution in [0.15, 0.2) is 24.4 Å². The van der Waals surface area contributed by atoms with Crippen molar-refractivity contribution in [2.24, 2.45) is 0 Å². The molecular weight excluding hydrogens is 286 g/mol. The number of nitrogens with zero attached hydrogens (tertiary/aromatic N) is 2. The molecule has 1 aromatic heterocycles. The van der Waals surface area contributed by atoms with Crippen LogP contribution in [0.1, 0.15) is 18.7 Å². The van der Waals surface area contributed by atoms with Crippen LogP contribution in [0.4, 0.5) is 10.8 Å². The van der Waals surface area contributed by atoms with Crippen LogP contribution < -0.4 is 19.7 Å². The zero-order chi connectivity index (χ0) is 14.7. The molecule has 6 heteroatoms. The highest BCUT2D eigenvalue weighted by molar-refractivity contribution is 7.15. The Morgan fingerprint density at radius 1 is 1.24 bits per heavy atom. The van der Waals surface area contributed by atoms with Gasteiger partial charge in [-0.3, -0.25) is 0 Å². The van der Waals surface area contributed by atoms with E-state index in [0.29, 0.717) is 6.79 Å². The maximum atomic E-state index is 5.38. The molecule has 0 fully saturated rings. The fourth-order valence-electron chi connectivity index (χ4n) is 2.21. The molecule has 0 atom stereocenters. The summed E-state index contributed by atoms with van der Waals surface area (Å²) in [5, 5.41) is 4.48. The van der Waals surface area contributed by atoms with Crippen molar-refractivity contribution in [2.45, 2.75) is 20.4 Å². The van der Waals surface area contributed by atoms with Crippen molar-refractivity contribution in [3.05, 3.63) is 29.3 Å². The molecule has 0 spiro atoms. The van der Waals surface area contributed by atoms with Crippen molar-refractivity contribution >= 4 is 22.2 Å². The van der Waals surface area contributed by atoms with E-state index in [1.807, 2.05) is 24.4 Å². The van der Waals surface area contributed by atoms with Crippen LogP contribution in [0.25, 0.3) is 0 Å². The quantitative estimate of drug-likeness (QED) is 0.887. The Kier molecular flexibility index (Phi) is 4.15. The predicted molar refractivity (Wildman–Crippen MR) is 85.6 cm³/mol. The summed E-state index contributed by atoms with van der Waals surface area (Å²) in [7, 11) is 0. The Hall–Kier alpha value is -1.95. The van der Waals surface area contributed by atoms with Crippen molar-refractivity contribution in [3.8, 4) is 11.5 Å². The Morgan fingerprint density at radius 2 is 2.05 bits per heavy atom. The van der Waals surface area contributed by atoms with Gasteiger partial charge in [0.25, 0.3) is 0 Å². The lowest BCUT2D eigenvalue weighted by molar-refractivity contribution is 0.174. The first kappa shape index (κ1) is 14.0. The van der Waals surface area contributed by atoms with Crippen LogP contribution in [0.3, 0.4) is 0 Å². The molecule has 0 saturated heterocycles. The number of aromatic nitrogens is 1. The fraction of sp³-hybridized carbons (Fsp3) is 0.400. The molecule has 1 N–H and O–H groups in total. The number of benzene rings is 1. The van der Waals surface area contributed by atoms with E-state index in [0.717, 1.165) is 42.0 Å². The SMILES string of the molecule is CCN(CC)c1ncc(CNc2ccc3c(c2)OCO3)s1. The number of rotatable bonds is 6. The van der Waals surface area contributed by atoms with Gasteiger partial charge < -0.3 is 19.7 Å². The van der Waals surface area contributed by atoms with Crippen molar-refractivity contribution in [3.63, 3.8) is 0 Å². The molecule has 0 bridgehead atoms. The van der Waals surface area contributed by atoms with E-state index in [4.69, 9.17) is 9.47 Å². The molecule has 0 radical (unpaired) electrons. The van der Waals surface area contributed by atoms with Gasteiger partial charge in [-0.25, -0.2) is 4.98 Å². The fourth-order valence-corrected chi connectivity index (χ4v) is 3.19. The first-order valence-electron chi connectivity index (χ1n) is 7.13. The van der Waals surface area contributed by atoms with Crippen LogP contribution in [-0.4, -0.2) is 24.9 Å². The lowest BCUT2D eigenvalue weighted by Gasteiger charge is -2.16. The summed E-state index contributed by atoms with van der Waals surface area (Å²) in [4.78, 5) is 7.96. The molecule has 0 amide bonds. The summed E-state index contributed by atoms with van der Waals surface area (Å²) in [6.07, 6.45) is 1.94. The third-order valence-electron chi connectivity index (χ3n) is 3.41. The normalized spacial score (nSPS) is 12.5. The summed E-state index contributed by atoms with van der Waals surface area (Å²) in [6, 6.07) is 5.90. The third kappa shape index (κ3) is 3.05. The van der Waals surface area contributed by atoms with Gasteiger partial charge in [-0.15, -0.1) is 11.3 Å². The second kappa shape index (κ2) is 6.22. The lowest BCUT2D eigenvalue weighted by atomic mass is 10.3. The van der Waals surface area contributed by atoms with Gasteiger partial charge in [0.15, 0.2) is 16.6 Å². The minimum atomic E-state index is 0.306. The van der Waals surface area contributed by atoms with Crippen LogP contribution in [0.5, 0.6) is 11.5 Å². The summed E-state index contributed by atoms with van der Waals surface area (Å²) in [6.45, 7) is 7.34. The van der Waals surface area contributed by atoms with Gasteiger partial charge in [-0.1, -0.05) is 0 Å². The molecule has 1 aliphatic heterocycles. The van der Waals surface area contributed by atoms with Crippen LogP contribution in [0, 0.1) is 0 Å². The number of anilines is 2. The smallest absolute Gasteiger partial charge is 0.231 e. The van der Waals surface area contributed by atoms with E-state index in [9.17, 15) is 0 Å². The first-order valence-corrected chi connectivity index (χ1v) is 7.95. The van der Waals surface area contributed by atoms with Crippen molar-refractivity contribution in [1.82, 2.24) is 4.98 Å². The van der Waals surface area contributed by atoms with Gasteiger partial charge in [0.2, 0.25) is 6.79 Å². The Labute approximate surface area is 128 Å². The molecular formula is C15H19N3O2S. The van der Waals surface area contributed by atoms with Gasteiger partial charge in [0, 0.05) is 35.9 Å². The largest absolute Gasteiger partial charge is 0.454 e. The first-order chi connectivity index (χ1) is 10.3. The maximum Gasteiger partial charge on any atom is 0.231 e. The standard InChI is InChI=1S/C15H19N3O2S/c1-3-18(4-2)15-17-9-12(21-15)8-16-11-5-6-13-14(7-11)20-10-19-13/h5-7,9,16H,3-4,8,10H2,1-2H3. The van der Waals surface area contributed by atoms with Gasteiger partial charge in [0.1, 0.15) is 0 Å². The maximum absolute atomic E-state index is 5.38. The highest BCUT2D eigenvalue weighted by Gasteiger charge is 2.13. The molecule has 0 saturated carbocycles. The van der Waals surface area contributed by atoms with Crippen molar-refractivity contribution in [1.29, 1.82) is 0 Å². The van der Waals surface area contributed by atoms with Gasteiger partial charge >= 0.3 is 0 Å².